The van der Waals surface area contributed by atoms with Crippen molar-refractivity contribution < 1.29 is 0 Å². The Balaban J connectivity index is 2.71. The number of aryl methyl sites for hydroxylation is 2. The molecule has 0 unspecified atom stereocenters. The summed E-state index contributed by atoms with van der Waals surface area (Å²) in [5, 5.41) is 8.22. The average molecular weight is 237 g/mol. The number of hydrogen-bond donors (Lipinski definition) is 1. The van der Waals surface area contributed by atoms with Gasteiger partial charge in [-0.1, -0.05) is 27.7 Å². The first-order valence-electron chi connectivity index (χ1n) is 6.87. The van der Waals surface area contributed by atoms with Gasteiger partial charge in [-0.05, 0) is 25.7 Å². The molecule has 0 saturated carbocycles. The maximum Gasteiger partial charge on any atom is 0.0666 e. The van der Waals surface area contributed by atoms with Gasteiger partial charge >= 0.3 is 0 Å². The van der Waals surface area contributed by atoms with Crippen LogP contribution in [0, 0.1) is 0 Å². The molecule has 0 atom stereocenters. The lowest BCUT2D eigenvalue weighted by Crippen LogP contribution is -2.43. The molecule has 0 radical (unpaired) electrons. The fraction of sp³-hybridized carbons (Fsp3) is 0.786. The van der Waals surface area contributed by atoms with Gasteiger partial charge in [0.2, 0.25) is 0 Å². The van der Waals surface area contributed by atoms with E-state index < -0.39 is 0 Å². The van der Waals surface area contributed by atoms with Gasteiger partial charge in [0.25, 0.3) is 0 Å². The monoisotopic (exact) mass is 237 g/mol. The summed E-state index contributed by atoms with van der Waals surface area (Å²) in [4.78, 5) is 0. The van der Waals surface area contributed by atoms with Gasteiger partial charge in [0.15, 0.2) is 0 Å². The largest absolute Gasteiger partial charge is 0.307 e. The summed E-state index contributed by atoms with van der Waals surface area (Å²) >= 11 is 0. The lowest BCUT2D eigenvalue weighted by molar-refractivity contribution is 0.288. The van der Waals surface area contributed by atoms with Crippen molar-refractivity contribution in [3.63, 3.8) is 0 Å². The molecule has 0 amide bonds. The van der Waals surface area contributed by atoms with E-state index in [1.807, 2.05) is 11.7 Å². The Labute approximate surface area is 106 Å². The van der Waals surface area contributed by atoms with E-state index in [1.165, 1.54) is 30.5 Å². The van der Waals surface area contributed by atoms with Crippen LogP contribution in [-0.2, 0) is 20.0 Å². The van der Waals surface area contributed by atoms with Crippen molar-refractivity contribution in [3.05, 3.63) is 17.5 Å². The van der Waals surface area contributed by atoms with E-state index in [2.05, 4.69) is 44.3 Å². The second-order valence-corrected chi connectivity index (χ2v) is 4.82. The lowest BCUT2D eigenvalue weighted by atomic mass is 9.89. The van der Waals surface area contributed by atoms with Gasteiger partial charge in [0, 0.05) is 30.9 Å². The molecule has 98 valence electrons. The van der Waals surface area contributed by atoms with Crippen LogP contribution in [0.5, 0.6) is 0 Å². The zero-order valence-corrected chi connectivity index (χ0v) is 12.0. The Bertz CT molecular complexity index is 329. The molecule has 3 heteroatoms. The van der Waals surface area contributed by atoms with Crippen molar-refractivity contribution in [2.75, 3.05) is 0 Å². The predicted molar refractivity (Wildman–Crippen MR) is 73.0 cm³/mol. The highest BCUT2D eigenvalue weighted by Gasteiger charge is 2.23. The SMILES string of the molecule is CCc1nn(C)cc1CNC(CC)(CC)CC. The summed E-state index contributed by atoms with van der Waals surface area (Å²) in [6.07, 6.45) is 6.69. The molecule has 3 nitrogen and oxygen atoms in total. The molecule has 0 saturated heterocycles. The Hall–Kier alpha value is -0.830. The van der Waals surface area contributed by atoms with E-state index in [0.717, 1.165) is 13.0 Å². The smallest absolute Gasteiger partial charge is 0.0666 e. The zero-order chi connectivity index (χ0) is 12.9. The Morgan fingerprint density at radius 1 is 1.18 bits per heavy atom. The molecule has 0 aromatic carbocycles. The second-order valence-electron chi connectivity index (χ2n) is 4.82. The molecule has 0 aliphatic rings. The maximum absolute atomic E-state index is 4.48. The van der Waals surface area contributed by atoms with Crippen molar-refractivity contribution in [2.24, 2.45) is 7.05 Å². The summed E-state index contributed by atoms with van der Waals surface area (Å²) in [6, 6.07) is 0. The first kappa shape index (κ1) is 14.2. The van der Waals surface area contributed by atoms with Crippen molar-refractivity contribution in [3.8, 4) is 0 Å². The Morgan fingerprint density at radius 2 is 1.76 bits per heavy atom. The molecule has 1 aromatic rings. The third-order valence-corrected chi connectivity index (χ3v) is 4.01. The van der Waals surface area contributed by atoms with Crippen LogP contribution >= 0.6 is 0 Å². The Kier molecular flexibility index (Phi) is 5.19. The Morgan fingerprint density at radius 3 is 2.24 bits per heavy atom. The van der Waals surface area contributed by atoms with Crippen LogP contribution in [0.1, 0.15) is 58.2 Å². The van der Waals surface area contributed by atoms with Crippen LogP contribution in [0.3, 0.4) is 0 Å². The van der Waals surface area contributed by atoms with Gasteiger partial charge in [-0.15, -0.1) is 0 Å². The van der Waals surface area contributed by atoms with E-state index in [0.29, 0.717) is 5.54 Å². The van der Waals surface area contributed by atoms with Gasteiger partial charge in [0.1, 0.15) is 0 Å². The summed E-state index contributed by atoms with van der Waals surface area (Å²) in [5.74, 6) is 0. The number of rotatable bonds is 7. The second kappa shape index (κ2) is 6.20. The van der Waals surface area contributed by atoms with Crippen LogP contribution in [0.4, 0.5) is 0 Å². The van der Waals surface area contributed by atoms with Crippen LogP contribution in [0.2, 0.25) is 0 Å². The van der Waals surface area contributed by atoms with Gasteiger partial charge in [-0.2, -0.15) is 5.10 Å². The minimum absolute atomic E-state index is 0.293. The normalized spacial score (nSPS) is 12.1. The number of hydrogen-bond acceptors (Lipinski definition) is 2. The quantitative estimate of drug-likeness (QED) is 0.790. The van der Waals surface area contributed by atoms with Crippen molar-refractivity contribution in [2.45, 2.75) is 65.5 Å². The van der Waals surface area contributed by atoms with Gasteiger partial charge in [-0.25, -0.2) is 0 Å². The number of nitrogens with one attached hydrogen (secondary N) is 1. The number of nitrogens with zero attached hydrogens (tertiary/aromatic N) is 2. The fourth-order valence-corrected chi connectivity index (χ4v) is 2.44. The summed E-state index contributed by atoms with van der Waals surface area (Å²) in [5.41, 5.74) is 2.85. The minimum Gasteiger partial charge on any atom is -0.307 e. The van der Waals surface area contributed by atoms with E-state index in [4.69, 9.17) is 0 Å². The van der Waals surface area contributed by atoms with Crippen molar-refractivity contribution in [1.29, 1.82) is 0 Å². The fourth-order valence-electron chi connectivity index (χ4n) is 2.44. The molecule has 0 fully saturated rings. The standard InChI is InChI=1S/C14H27N3/c1-6-13-12(11-17(5)16-13)10-15-14(7-2,8-3)9-4/h11,15H,6-10H2,1-5H3. The van der Waals surface area contributed by atoms with Gasteiger partial charge in [0.05, 0.1) is 5.69 Å². The van der Waals surface area contributed by atoms with Crippen LogP contribution in [-0.4, -0.2) is 15.3 Å². The third kappa shape index (κ3) is 3.32. The molecular formula is C14H27N3. The third-order valence-electron chi connectivity index (χ3n) is 4.01. The van der Waals surface area contributed by atoms with E-state index >= 15 is 0 Å². The average Bonchev–Trinajstić information content (AvgIpc) is 2.72. The molecule has 1 N–H and O–H groups in total. The molecular weight excluding hydrogens is 210 g/mol. The van der Waals surface area contributed by atoms with Crippen LogP contribution in [0.15, 0.2) is 6.20 Å². The molecule has 1 aromatic heterocycles. The maximum atomic E-state index is 4.48. The minimum atomic E-state index is 0.293. The predicted octanol–water partition coefficient (Wildman–Crippen LogP) is 3.04. The summed E-state index contributed by atoms with van der Waals surface area (Å²) < 4.78 is 1.92. The molecule has 0 aliphatic heterocycles. The van der Waals surface area contributed by atoms with E-state index in [-0.39, 0.29) is 0 Å². The topological polar surface area (TPSA) is 29.9 Å². The summed E-state index contributed by atoms with van der Waals surface area (Å²) in [7, 11) is 2.00. The highest BCUT2D eigenvalue weighted by atomic mass is 15.3. The molecule has 17 heavy (non-hydrogen) atoms. The lowest BCUT2D eigenvalue weighted by Gasteiger charge is -2.32. The zero-order valence-electron chi connectivity index (χ0n) is 12.0. The molecule has 1 heterocycles. The first-order chi connectivity index (χ1) is 8.10. The van der Waals surface area contributed by atoms with Gasteiger partial charge in [-0.3, -0.25) is 4.68 Å². The highest BCUT2D eigenvalue weighted by molar-refractivity contribution is 5.17. The van der Waals surface area contributed by atoms with Crippen LogP contribution < -0.4 is 5.32 Å². The van der Waals surface area contributed by atoms with E-state index in [9.17, 15) is 0 Å². The van der Waals surface area contributed by atoms with Crippen molar-refractivity contribution >= 4 is 0 Å². The number of aromatic nitrogens is 2. The molecule has 1 rings (SSSR count). The highest BCUT2D eigenvalue weighted by Crippen LogP contribution is 2.20. The molecule has 0 bridgehead atoms. The molecule has 0 spiro atoms. The molecule has 0 aliphatic carbocycles. The first-order valence-corrected chi connectivity index (χ1v) is 6.87. The van der Waals surface area contributed by atoms with Gasteiger partial charge < -0.3 is 5.32 Å². The van der Waals surface area contributed by atoms with Crippen molar-refractivity contribution in [1.82, 2.24) is 15.1 Å². The van der Waals surface area contributed by atoms with Crippen LogP contribution in [0.25, 0.3) is 0 Å². The summed E-state index contributed by atoms with van der Waals surface area (Å²) in [6.45, 7) is 9.91. The van der Waals surface area contributed by atoms with E-state index in [1.54, 1.807) is 0 Å².